The van der Waals surface area contributed by atoms with E-state index < -0.39 is 17.2 Å². The number of hydrogen-bond donors (Lipinski definition) is 4. The highest BCUT2D eigenvalue weighted by Gasteiger charge is 2.10. The minimum absolute atomic E-state index is 0.0913. The lowest BCUT2D eigenvalue weighted by molar-refractivity contribution is 0.0949. The molecule has 7 nitrogen and oxygen atoms in total. The van der Waals surface area contributed by atoms with E-state index in [9.17, 15) is 19.5 Å². The van der Waals surface area contributed by atoms with Crippen molar-refractivity contribution in [2.24, 2.45) is 0 Å². The number of carbonyl (C=O) groups excluding carboxylic acids is 1. The van der Waals surface area contributed by atoms with Crippen LogP contribution in [0.15, 0.2) is 40.1 Å². The van der Waals surface area contributed by atoms with E-state index in [0.717, 1.165) is 6.20 Å². The maximum Gasteiger partial charge on any atom is 0.325 e. The fourth-order valence-electron chi connectivity index (χ4n) is 1.52. The highest BCUT2D eigenvalue weighted by molar-refractivity contribution is 5.93. The van der Waals surface area contributed by atoms with Crippen LogP contribution in [0.5, 0.6) is 5.75 Å². The average Bonchev–Trinajstić information content (AvgIpc) is 2.36. The molecule has 0 fully saturated rings. The summed E-state index contributed by atoms with van der Waals surface area (Å²) in [4.78, 5) is 38.1. The SMILES string of the molecule is O=C(NCc1cccc(O)c1)c1c[nH]c(=O)[nH]c1=O. The van der Waals surface area contributed by atoms with Gasteiger partial charge in [0, 0.05) is 12.7 Å². The molecule has 1 amide bonds. The van der Waals surface area contributed by atoms with Gasteiger partial charge >= 0.3 is 5.69 Å². The predicted molar refractivity (Wildman–Crippen MR) is 67.0 cm³/mol. The summed E-state index contributed by atoms with van der Waals surface area (Å²) in [6.07, 6.45) is 1.05. The lowest BCUT2D eigenvalue weighted by Crippen LogP contribution is -2.33. The van der Waals surface area contributed by atoms with Crippen molar-refractivity contribution in [3.8, 4) is 5.75 Å². The molecular weight excluding hydrogens is 250 g/mol. The molecule has 0 radical (unpaired) electrons. The van der Waals surface area contributed by atoms with E-state index in [0.29, 0.717) is 5.56 Å². The number of aromatic amines is 2. The predicted octanol–water partition coefficient (Wildman–Crippen LogP) is -0.301. The van der Waals surface area contributed by atoms with Crippen molar-refractivity contribution in [2.45, 2.75) is 6.54 Å². The second-order valence-electron chi connectivity index (χ2n) is 3.84. The van der Waals surface area contributed by atoms with Crippen LogP contribution in [0.4, 0.5) is 0 Å². The molecule has 0 aliphatic carbocycles. The van der Waals surface area contributed by atoms with Crippen molar-refractivity contribution in [3.05, 3.63) is 62.4 Å². The average molecular weight is 261 g/mol. The first-order valence-electron chi connectivity index (χ1n) is 5.44. The molecular formula is C12H11N3O4. The van der Waals surface area contributed by atoms with Gasteiger partial charge in [0.15, 0.2) is 0 Å². The standard InChI is InChI=1S/C12H11N3O4/c16-8-3-1-2-7(4-8)5-13-10(17)9-6-14-12(19)15-11(9)18/h1-4,6,16H,5H2,(H,13,17)(H2,14,15,18,19). The number of rotatable bonds is 3. The zero-order valence-electron chi connectivity index (χ0n) is 9.77. The molecule has 4 N–H and O–H groups in total. The van der Waals surface area contributed by atoms with Crippen molar-refractivity contribution in [1.29, 1.82) is 0 Å². The number of amides is 1. The molecule has 7 heteroatoms. The summed E-state index contributed by atoms with van der Waals surface area (Å²) in [6.45, 7) is 0.159. The second-order valence-corrected chi connectivity index (χ2v) is 3.84. The van der Waals surface area contributed by atoms with E-state index in [1.807, 2.05) is 4.98 Å². The lowest BCUT2D eigenvalue weighted by Gasteiger charge is -2.04. The molecule has 2 aromatic rings. The normalized spacial score (nSPS) is 10.1. The number of H-pyrrole nitrogens is 2. The summed E-state index contributed by atoms with van der Waals surface area (Å²) in [5.74, 6) is -0.519. The number of phenols is 1. The highest BCUT2D eigenvalue weighted by Crippen LogP contribution is 2.10. The quantitative estimate of drug-likeness (QED) is 0.607. The van der Waals surface area contributed by atoms with Gasteiger partial charge in [0.1, 0.15) is 11.3 Å². The molecule has 0 bridgehead atoms. The topological polar surface area (TPSA) is 115 Å². The summed E-state index contributed by atoms with van der Waals surface area (Å²) < 4.78 is 0. The summed E-state index contributed by atoms with van der Waals surface area (Å²) in [6, 6.07) is 6.37. The fraction of sp³-hybridized carbons (Fsp3) is 0.0833. The van der Waals surface area contributed by atoms with Gasteiger partial charge in [-0.2, -0.15) is 0 Å². The van der Waals surface area contributed by atoms with Crippen LogP contribution in [0.25, 0.3) is 0 Å². The fourth-order valence-corrected chi connectivity index (χ4v) is 1.52. The third-order valence-corrected chi connectivity index (χ3v) is 2.43. The van der Waals surface area contributed by atoms with Gasteiger partial charge in [-0.15, -0.1) is 0 Å². The maximum absolute atomic E-state index is 11.7. The van der Waals surface area contributed by atoms with Crippen LogP contribution in [0.2, 0.25) is 0 Å². The van der Waals surface area contributed by atoms with E-state index in [-0.39, 0.29) is 17.9 Å². The number of hydrogen-bond acceptors (Lipinski definition) is 4. The van der Waals surface area contributed by atoms with Gasteiger partial charge in [0.2, 0.25) is 0 Å². The largest absolute Gasteiger partial charge is 0.508 e. The molecule has 0 unspecified atom stereocenters. The zero-order chi connectivity index (χ0) is 13.8. The summed E-state index contributed by atoms with van der Waals surface area (Å²) >= 11 is 0. The van der Waals surface area contributed by atoms with E-state index in [1.54, 1.807) is 12.1 Å². The number of aromatic hydroxyl groups is 1. The third-order valence-electron chi connectivity index (χ3n) is 2.43. The molecule has 1 aromatic carbocycles. The first-order valence-corrected chi connectivity index (χ1v) is 5.44. The van der Waals surface area contributed by atoms with Gasteiger partial charge in [0.25, 0.3) is 11.5 Å². The number of benzene rings is 1. The molecule has 0 aliphatic rings. The number of carbonyl (C=O) groups is 1. The molecule has 0 aliphatic heterocycles. The minimum atomic E-state index is -0.753. The van der Waals surface area contributed by atoms with Crippen molar-refractivity contribution in [3.63, 3.8) is 0 Å². The van der Waals surface area contributed by atoms with Gasteiger partial charge < -0.3 is 15.4 Å². The Morgan fingerprint density at radius 1 is 1.32 bits per heavy atom. The molecule has 2 rings (SSSR count). The van der Waals surface area contributed by atoms with E-state index in [4.69, 9.17) is 0 Å². The maximum atomic E-state index is 11.7. The molecule has 0 saturated heterocycles. The minimum Gasteiger partial charge on any atom is -0.508 e. The van der Waals surface area contributed by atoms with E-state index >= 15 is 0 Å². The van der Waals surface area contributed by atoms with Crippen LogP contribution in [-0.4, -0.2) is 21.0 Å². The Hall–Kier alpha value is -2.83. The Labute approximate surface area is 106 Å². The third kappa shape index (κ3) is 3.09. The summed E-state index contributed by atoms with van der Waals surface area (Å²) in [5.41, 5.74) is -0.916. The van der Waals surface area contributed by atoms with E-state index in [2.05, 4.69) is 10.3 Å². The zero-order valence-corrected chi connectivity index (χ0v) is 9.77. The Morgan fingerprint density at radius 2 is 2.11 bits per heavy atom. The number of aromatic nitrogens is 2. The van der Waals surface area contributed by atoms with Crippen molar-refractivity contribution in [2.75, 3.05) is 0 Å². The van der Waals surface area contributed by atoms with Crippen LogP contribution in [-0.2, 0) is 6.54 Å². The van der Waals surface area contributed by atoms with Gasteiger partial charge in [-0.1, -0.05) is 12.1 Å². The number of nitrogens with one attached hydrogen (secondary N) is 3. The Kier molecular flexibility index (Phi) is 3.46. The van der Waals surface area contributed by atoms with Crippen LogP contribution in [0, 0.1) is 0 Å². The van der Waals surface area contributed by atoms with Gasteiger partial charge in [-0.25, -0.2) is 4.79 Å². The van der Waals surface area contributed by atoms with Crippen molar-refractivity contribution >= 4 is 5.91 Å². The molecule has 0 atom stereocenters. The molecule has 1 aromatic heterocycles. The summed E-state index contributed by atoms with van der Waals surface area (Å²) in [5, 5.41) is 11.8. The Balaban J connectivity index is 2.10. The molecule has 0 spiro atoms. The van der Waals surface area contributed by atoms with Crippen LogP contribution < -0.4 is 16.6 Å². The second kappa shape index (κ2) is 5.21. The van der Waals surface area contributed by atoms with Crippen LogP contribution >= 0.6 is 0 Å². The van der Waals surface area contributed by atoms with E-state index in [1.165, 1.54) is 12.1 Å². The molecule has 1 heterocycles. The van der Waals surface area contributed by atoms with Crippen LogP contribution in [0.1, 0.15) is 15.9 Å². The van der Waals surface area contributed by atoms with Gasteiger partial charge in [0.05, 0.1) is 0 Å². The van der Waals surface area contributed by atoms with Crippen molar-refractivity contribution in [1.82, 2.24) is 15.3 Å². The molecule has 98 valence electrons. The smallest absolute Gasteiger partial charge is 0.325 e. The van der Waals surface area contributed by atoms with Gasteiger partial charge in [-0.3, -0.25) is 14.6 Å². The van der Waals surface area contributed by atoms with Crippen LogP contribution in [0.3, 0.4) is 0 Å². The Morgan fingerprint density at radius 3 is 2.79 bits per heavy atom. The lowest BCUT2D eigenvalue weighted by atomic mass is 10.2. The summed E-state index contributed by atoms with van der Waals surface area (Å²) in [7, 11) is 0. The monoisotopic (exact) mass is 261 g/mol. The Bertz CT molecular complexity index is 717. The van der Waals surface area contributed by atoms with Crippen molar-refractivity contribution < 1.29 is 9.90 Å². The first-order chi connectivity index (χ1) is 9.06. The molecule has 0 saturated carbocycles. The highest BCUT2D eigenvalue weighted by atomic mass is 16.3. The number of phenolic OH excluding ortho intramolecular Hbond substituents is 1. The first kappa shape index (κ1) is 12.6. The molecule has 19 heavy (non-hydrogen) atoms. The van der Waals surface area contributed by atoms with Gasteiger partial charge in [-0.05, 0) is 17.7 Å².